The number of aromatic nitrogens is 1. The van der Waals surface area contributed by atoms with Gasteiger partial charge in [0.05, 0.1) is 5.92 Å². The van der Waals surface area contributed by atoms with Crippen LogP contribution in [-0.2, 0) is 4.79 Å². The van der Waals surface area contributed by atoms with E-state index < -0.39 is 0 Å². The second-order valence-electron chi connectivity index (χ2n) is 6.07. The third-order valence-electron chi connectivity index (χ3n) is 4.61. The highest BCUT2D eigenvalue weighted by atomic mass is 16.1. The molecule has 1 aliphatic rings. The highest BCUT2D eigenvalue weighted by Gasteiger charge is 2.25. The number of hydrogen-bond donors (Lipinski definition) is 1. The topological polar surface area (TPSA) is 48.5 Å². The van der Waals surface area contributed by atoms with Crippen LogP contribution in [0.3, 0.4) is 0 Å². The number of rotatable bonds is 5. The quantitative estimate of drug-likeness (QED) is 0.910. The fourth-order valence-corrected chi connectivity index (χ4v) is 3.20. The molecule has 0 radical (unpaired) electrons. The number of benzene rings is 1. The summed E-state index contributed by atoms with van der Waals surface area (Å²) in [5.41, 5.74) is 2.30. The molecule has 1 N–H and O–H groups in total. The largest absolute Gasteiger partial charge is 0.369 e. The molecule has 0 saturated carbocycles. The van der Waals surface area contributed by atoms with E-state index in [1.165, 1.54) is 5.69 Å². The molecular weight excluding hydrogens is 300 g/mol. The van der Waals surface area contributed by atoms with Crippen LogP contribution in [0.15, 0.2) is 54.9 Å². The number of piperazine rings is 1. The monoisotopic (exact) mass is 324 g/mol. The van der Waals surface area contributed by atoms with Crippen LogP contribution >= 0.6 is 0 Å². The average molecular weight is 324 g/mol. The number of para-hydroxylation sites is 1. The Labute approximate surface area is 143 Å². The first-order chi connectivity index (χ1) is 11.8. The molecule has 0 aliphatic carbocycles. The normalized spacial score (nSPS) is 16.6. The number of likely N-dealkylation sites (N-methyl/N-ethyl adjacent to an activating group) is 1. The SMILES string of the molecule is CNC(=O)C(CN1CCN(c2ccccc2)CC1)c1ccncc1. The van der Waals surface area contributed by atoms with Crippen LogP contribution in [0.5, 0.6) is 0 Å². The van der Waals surface area contributed by atoms with Gasteiger partial charge in [-0.05, 0) is 29.8 Å². The summed E-state index contributed by atoms with van der Waals surface area (Å²) in [4.78, 5) is 21.1. The Bertz CT molecular complexity index is 639. The number of anilines is 1. The van der Waals surface area contributed by atoms with Crippen molar-refractivity contribution >= 4 is 11.6 Å². The summed E-state index contributed by atoms with van der Waals surface area (Å²) < 4.78 is 0. The molecule has 1 saturated heterocycles. The minimum absolute atomic E-state index is 0.0617. The van der Waals surface area contributed by atoms with E-state index in [1.807, 2.05) is 18.2 Å². The van der Waals surface area contributed by atoms with Crippen molar-refractivity contribution in [2.24, 2.45) is 0 Å². The van der Waals surface area contributed by atoms with Crippen molar-refractivity contribution < 1.29 is 4.79 Å². The second kappa shape index (κ2) is 7.93. The zero-order chi connectivity index (χ0) is 16.8. The van der Waals surface area contributed by atoms with Gasteiger partial charge in [0, 0.05) is 57.9 Å². The van der Waals surface area contributed by atoms with Gasteiger partial charge in [-0.15, -0.1) is 0 Å². The van der Waals surface area contributed by atoms with Gasteiger partial charge in [0.25, 0.3) is 0 Å². The lowest BCUT2D eigenvalue weighted by Gasteiger charge is -2.37. The maximum atomic E-state index is 12.3. The molecule has 1 atom stereocenters. The number of amides is 1. The zero-order valence-corrected chi connectivity index (χ0v) is 14.1. The Kier molecular flexibility index (Phi) is 5.43. The number of pyridine rings is 1. The van der Waals surface area contributed by atoms with E-state index in [2.05, 4.69) is 44.4 Å². The molecule has 1 aromatic carbocycles. The maximum Gasteiger partial charge on any atom is 0.228 e. The molecule has 24 heavy (non-hydrogen) atoms. The molecule has 0 bridgehead atoms. The molecule has 1 unspecified atom stereocenters. The molecular formula is C19H24N4O. The van der Waals surface area contributed by atoms with Gasteiger partial charge in [-0.1, -0.05) is 18.2 Å². The van der Waals surface area contributed by atoms with E-state index in [4.69, 9.17) is 0 Å². The smallest absolute Gasteiger partial charge is 0.228 e. The van der Waals surface area contributed by atoms with Gasteiger partial charge in [0.15, 0.2) is 0 Å². The van der Waals surface area contributed by atoms with Gasteiger partial charge >= 0.3 is 0 Å². The van der Waals surface area contributed by atoms with Crippen LogP contribution in [0.1, 0.15) is 11.5 Å². The Morgan fingerprint density at radius 2 is 1.75 bits per heavy atom. The minimum Gasteiger partial charge on any atom is -0.369 e. The summed E-state index contributed by atoms with van der Waals surface area (Å²) in [6.45, 7) is 4.65. The number of nitrogens with one attached hydrogen (secondary N) is 1. The molecule has 1 amide bonds. The predicted octanol–water partition coefficient (Wildman–Crippen LogP) is 1.73. The van der Waals surface area contributed by atoms with Crippen molar-refractivity contribution in [1.29, 1.82) is 0 Å². The standard InChI is InChI=1S/C19H24N4O/c1-20-19(24)18(16-7-9-21-10-8-16)15-22-11-13-23(14-12-22)17-5-3-2-4-6-17/h2-10,18H,11-15H2,1H3,(H,20,24). The van der Waals surface area contributed by atoms with Gasteiger partial charge in [-0.2, -0.15) is 0 Å². The molecule has 2 heterocycles. The molecule has 5 nitrogen and oxygen atoms in total. The van der Waals surface area contributed by atoms with Gasteiger partial charge in [0.1, 0.15) is 0 Å². The van der Waals surface area contributed by atoms with Crippen molar-refractivity contribution in [3.05, 3.63) is 60.4 Å². The molecule has 3 rings (SSSR count). The second-order valence-corrected chi connectivity index (χ2v) is 6.07. The molecule has 2 aromatic rings. The van der Waals surface area contributed by atoms with E-state index in [9.17, 15) is 4.79 Å². The average Bonchev–Trinajstić information content (AvgIpc) is 2.67. The fraction of sp³-hybridized carbons (Fsp3) is 0.368. The highest BCUT2D eigenvalue weighted by molar-refractivity contribution is 5.83. The van der Waals surface area contributed by atoms with Gasteiger partial charge in [-0.25, -0.2) is 0 Å². The first-order valence-corrected chi connectivity index (χ1v) is 8.42. The summed E-state index contributed by atoms with van der Waals surface area (Å²) in [6, 6.07) is 14.4. The van der Waals surface area contributed by atoms with Gasteiger partial charge in [0.2, 0.25) is 5.91 Å². The molecule has 1 aliphatic heterocycles. The Morgan fingerprint density at radius 3 is 2.38 bits per heavy atom. The zero-order valence-electron chi connectivity index (χ0n) is 14.1. The number of carbonyl (C=O) groups excluding carboxylic acids is 1. The first-order valence-electron chi connectivity index (χ1n) is 8.42. The third kappa shape index (κ3) is 3.92. The maximum absolute atomic E-state index is 12.3. The van der Waals surface area contributed by atoms with E-state index in [1.54, 1.807) is 19.4 Å². The fourth-order valence-electron chi connectivity index (χ4n) is 3.20. The van der Waals surface area contributed by atoms with Crippen LogP contribution in [-0.4, -0.2) is 55.6 Å². The van der Waals surface area contributed by atoms with E-state index >= 15 is 0 Å². The summed E-state index contributed by atoms with van der Waals surface area (Å²) in [7, 11) is 1.70. The van der Waals surface area contributed by atoms with Crippen LogP contribution in [0.25, 0.3) is 0 Å². The van der Waals surface area contributed by atoms with Crippen LogP contribution in [0, 0.1) is 0 Å². The lowest BCUT2D eigenvalue weighted by Crippen LogP contribution is -2.48. The van der Waals surface area contributed by atoms with Crippen LogP contribution in [0.4, 0.5) is 5.69 Å². The minimum atomic E-state index is -0.152. The van der Waals surface area contributed by atoms with Crippen molar-refractivity contribution in [3.63, 3.8) is 0 Å². The molecule has 0 spiro atoms. The van der Waals surface area contributed by atoms with Crippen LogP contribution in [0.2, 0.25) is 0 Å². The first kappa shape index (κ1) is 16.5. The van der Waals surface area contributed by atoms with Gasteiger partial charge < -0.3 is 10.2 Å². The summed E-state index contributed by atoms with van der Waals surface area (Å²) in [5.74, 6) is -0.0898. The van der Waals surface area contributed by atoms with Crippen molar-refractivity contribution in [1.82, 2.24) is 15.2 Å². The van der Waals surface area contributed by atoms with Crippen LogP contribution < -0.4 is 10.2 Å². The highest BCUT2D eigenvalue weighted by Crippen LogP contribution is 2.20. The molecule has 5 heteroatoms. The van der Waals surface area contributed by atoms with E-state index in [-0.39, 0.29) is 11.8 Å². The summed E-state index contributed by atoms with van der Waals surface area (Å²) in [5, 5.41) is 2.79. The van der Waals surface area contributed by atoms with Crippen molar-refractivity contribution in [2.45, 2.75) is 5.92 Å². The van der Waals surface area contributed by atoms with Gasteiger partial charge in [-0.3, -0.25) is 14.7 Å². The summed E-state index contributed by atoms with van der Waals surface area (Å²) in [6.07, 6.45) is 3.50. The lowest BCUT2D eigenvalue weighted by molar-refractivity contribution is -0.122. The third-order valence-corrected chi connectivity index (χ3v) is 4.61. The lowest BCUT2D eigenvalue weighted by atomic mass is 9.98. The Hall–Kier alpha value is -2.40. The molecule has 126 valence electrons. The van der Waals surface area contributed by atoms with E-state index in [0.717, 1.165) is 38.3 Å². The van der Waals surface area contributed by atoms with E-state index in [0.29, 0.717) is 0 Å². The summed E-state index contributed by atoms with van der Waals surface area (Å²) >= 11 is 0. The number of hydrogen-bond acceptors (Lipinski definition) is 4. The number of carbonyl (C=O) groups is 1. The Balaban J connectivity index is 1.62. The number of nitrogens with zero attached hydrogens (tertiary/aromatic N) is 3. The van der Waals surface area contributed by atoms with Crippen molar-refractivity contribution in [3.8, 4) is 0 Å². The van der Waals surface area contributed by atoms with Crippen molar-refractivity contribution in [2.75, 3.05) is 44.7 Å². The molecule has 1 fully saturated rings. The Morgan fingerprint density at radius 1 is 1.08 bits per heavy atom. The molecule has 1 aromatic heterocycles. The predicted molar refractivity (Wildman–Crippen MR) is 96.1 cm³/mol.